The standard InChI is InChI=1S/C20H25NO3/c1-5-19(16-8-6-14(2)7-9-16)21-20(22)15(3)24-18-12-10-17(23-4)11-13-18/h6-13,15,19H,5H2,1-4H3,(H,21,22)/t15-,19+/m0/s1. The first kappa shape index (κ1) is 17.9. The Morgan fingerprint density at radius 1 is 1.04 bits per heavy atom. The van der Waals surface area contributed by atoms with Crippen LogP contribution in [0.4, 0.5) is 0 Å². The van der Waals surface area contributed by atoms with E-state index in [1.165, 1.54) is 5.56 Å². The maximum atomic E-state index is 12.4. The van der Waals surface area contributed by atoms with E-state index < -0.39 is 6.10 Å². The van der Waals surface area contributed by atoms with Crippen molar-refractivity contribution in [2.24, 2.45) is 0 Å². The lowest BCUT2D eigenvalue weighted by Gasteiger charge is -2.21. The van der Waals surface area contributed by atoms with Gasteiger partial charge in [0.2, 0.25) is 0 Å². The Balaban J connectivity index is 1.97. The van der Waals surface area contributed by atoms with Crippen LogP contribution in [0.15, 0.2) is 48.5 Å². The van der Waals surface area contributed by atoms with Crippen LogP contribution in [-0.4, -0.2) is 19.1 Å². The molecule has 24 heavy (non-hydrogen) atoms. The molecular weight excluding hydrogens is 302 g/mol. The molecule has 0 saturated carbocycles. The third kappa shape index (κ3) is 4.75. The van der Waals surface area contributed by atoms with Crippen LogP contribution in [0.3, 0.4) is 0 Å². The van der Waals surface area contributed by atoms with Gasteiger partial charge in [0.1, 0.15) is 11.5 Å². The highest BCUT2D eigenvalue weighted by molar-refractivity contribution is 5.81. The van der Waals surface area contributed by atoms with Gasteiger partial charge in [-0.05, 0) is 50.1 Å². The maximum absolute atomic E-state index is 12.4. The van der Waals surface area contributed by atoms with Gasteiger partial charge >= 0.3 is 0 Å². The Kier molecular flexibility index (Phi) is 6.24. The molecule has 2 atom stereocenters. The van der Waals surface area contributed by atoms with E-state index in [1.807, 2.05) is 6.92 Å². The summed E-state index contributed by atoms with van der Waals surface area (Å²) in [6.45, 7) is 5.86. The van der Waals surface area contributed by atoms with E-state index in [0.29, 0.717) is 5.75 Å². The molecule has 0 aliphatic carbocycles. The number of carbonyl (C=O) groups excluding carboxylic acids is 1. The second-order valence-corrected chi connectivity index (χ2v) is 5.82. The smallest absolute Gasteiger partial charge is 0.261 e. The number of benzene rings is 2. The van der Waals surface area contributed by atoms with E-state index in [4.69, 9.17) is 9.47 Å². The van der Waals surface area contributed by atoms with Crippen LogP contribution in [0, 0.1) is 6.92 Å². The highest BCUT2D eigenvalue weighted by atomic mass is 16.5. The van der Waals surface area contributed by atoms with Crippen molar-refractivity contribution in [2.45, 2.75) is 39.3 Å². The number of aryl methyl sites for hydroxylation is 1. The van der Waals surface area contributed by atoms with E-state index in [-0.39, 0.29) is 11.9 Å². The monoisotopic (exact) mass is 327 g/mol. The number of ether oxygens (including phenoxy) is 2. The molecule has 128 valence electrons. The van der Waals surface area contributed by atoms with E-state index in [0.717, 1.165) is 17.7 Å². The quantitative estimate of drug-likeness (QED) is 0.835. The molecule has 0 radical (unpaired) electrons. The summed E-state index contributed by atoms with van der Waals surface area (Å²) in [7, 11) is 1.61. The van der Waals surface area contributed by atoms with Crippen molar-refractivity contribution >= 4 is 5.91 Å². The Morgan fingerprint density at radius 3 is 2.17 bits per heavy atom. The first-order valence-electron chi connectivity index (χ1n) is 8.21. The minimum atomic E-state index is -0.571. The SMILES string of the molecule is CC[C@@H](NC(=O)[C@H](C)Oc1ccc(OC)cc1)c1ccc(C)cc1. The molecule has 2 aromatic rings. The number of nitrogens with one attached hydrogen (secondary N) is 1. The van der Waals surface area contributed by atoms with Gasteiger partial charge in [-0.15, -0.1) is 0 Å². The van der Waals surface area contributed by atoms with Gasteiger partial charge in [-0.1, -0.05) is 36.8 Å². The van der Waals surface area contributed by atoms with E-state index in [2.05, 4.69) is 36.5 Å². The molecule has 0 spiro atoms. The fraction of sp³-hybridized carbons (Fsp3) is 0.350. The molecule has 0 aliphatic rings. The van der Waals surface area contributed by atoms with Crippen LogP contribution in [0.2, 0.25) is 0 Å². The summed E-state index contributed by atoms with van der Waals surface area (Å²) >= 11 is 0. The van der Waals surface area contributed by atoms with Crippen LogP contribution >= 0.6 is 0 Å². The van der Waals surface area contributed by atoms with Gasteiger partial charge in [0, 0.05) is 0 Å². The first-order valence-corrected chi connectivity index (χ1v) is 8.21. The van der Waals surface area contributed by atoms with Gasteiger partial charge in [-0.3, -0.25) is 4.79 Å². The number of rotatable bonds is 7. The summed E-state index contributed by atoms with van der Waals surface area (Å²) < 4.78 is 10.8. The average Bonchev–Trinajstić information content (AvgIpc) is 2.61. The van der Waals surface area contributed by atoms with Gasteiger partial charge in [0.15, 0.2) is 6.10 Å². The lowest BCUT2D eigenvalue weighted by molar-refractivity contribution is -0.128. The molecular formula is C20H25NO3. The fourth-order valence-electron chi connectivity index (χ4n) is 2.42. The molecule has 0 aliphatic heterocycles. The van der Waals surface area contributed by atoms with E-state index in [1.54, 1.807) is 38.3 Å². The predicted octanol–water partition coefficient (Wildman–Crippen LogP) is 4.04. The molecule has 0 fully saturated rings. The number of hydrogen-bond donors (Lipinski definition) is 1. The minimum absolute atomic E-state index is 0.0139. The summed E-state index contributed by atoms with van der Waals surface area (Å²) in [4.78, 5) is 12.4. The van der Waals surface area contributed by atoms with Gasteiger partial charge in [-0.2, -0.15) is 0 Å². The van der Waals surface area contributed by atoms with Crippen molar-refractivity contribution < 1.29 is 14.3 Å². The van der Waals surface area contributed by atoms with Crippen molar-refractivity contribution in [1.29, 1.82) is 0 Å². The highest BCUT2D eigenvalue weighted by Crippen LogP contribution is 2.20. The van der Waals surface area contributed by atoms with Gasteiger partial charge in [-0.25, -0.2) is 0 Å². The predicted molar refractivity (Wildman–Crippen MR) is 95.4 cm³/mol. The summed E-state index contributed by atoms with van der Waals surface area (Å²) in [6.07, 6.45) is 0.252. The Morgan fingerprint density at radius 2 is 1.62 bits per heavy atom. The zero-order valence-corrected chi connectivity index (χ0v) is 14.7. The topological polar surface area (TPSA) is 47.6 Å². The van der Waals surface area contributed by atoms with E-state index >= 15 is 0 Å². The minimum Gasteiger partial charge on any atom is -0.497 e. The van der Waals surface area contributed by atoms with Crippen molar-refractivity contribution in [3.63, 3.8) is 0 Å². The average molecular weight is 327 g/mol. The fourth-order valence-corrected chi connectivity index (χ4v) is 2.42. The van der Waals surface area contributed by atoms with Gasteiger partial charge in [0.25, 0.3) is 5.91 Å². The van der Waals surface area contributed by atoms with Crippen LogP contribution < -0.4 is 14.8 Å². The van der Waals surface area contributed by atoms with Crippen molar-refractivity contribution in [3.05, 3.63) is 59.7 Å². The summed E-state index contributed by atoms with van der Waals surface area (Å²) in [5, 5.41) is 3.06. The molecule has 0 unspecified atom stereocenters. The molecule has 1 N–H and O–H groups in total. The lowest BCUT2D eigenvalue weighted by Crippen LogP contribution is -2.38. The van der Waals surface area contributed by atoms with E-state index in [9.17, 15) is 4.79 Å². The zero-order chi connectivity index (χ0) is 17.5. The number of methoxy groups -OCH3 is 1. The number of carbonyl (C=O) groups is 1. The van der Waals surface area contributed by atoms with Gasteiger partial charge < -0.3 is 14.8 Å². The Labute approximate surface area is 143 Å². The molecule has 4 heteroatoms. The molecule has 0 bridgehead atoms. The molecule has 1 amide bonds. The normalized spacial score (nSPS) is 13.0. The third-order valence-electron chi connectivity index (χ3n) is 3.95. The first-order chi connectivity index (χ1) is 11.5. The Bertz CT molecular complexity index is 650. The maximum Gasteiger partial charge on any atom is 0.261 e. The molecule has 0 heterocycles. The van der Waals surface area contributed by atoms with Crippen LogP contribution in [0.1, 0.15) is 37.4 Å². The summed E-state index contributed by atoms with van der Waals surface area (Å²) in [5.74, 6) is 1.27. The summed E-state index contributed by atoms with van der Waals surface area (Å²) in [6, 6.07) is 15.4. The molecule has 2 aromatic carbocycles. The second kappa shape index (κ2) is 8.39. The van der Waals surface area contributed by atoms with Crippen LogP contribution in [0.25, 0.3) is 0 Å². The molecule has 2 rings (SSSR count). The second-order valence-electron chi connectivity index (χ2n) is 5.82. The zero-order valence-electron chi connectivity index (χ0n) is 14.7. The van der Waals surface area contributed by atoms with Crippen molar-refractivity contribution in [1.82, 2.24) is 5.32 Å². The van der Waals surface area contributed by atoms with Crippen LogP contribution in [0.5, 0.6) is 11.5 Å². The lowest BCUT2D eigenvalue weighted by atomic mass is 10.0. The van der Waals surface area contributed by atoms with Crippen molar-refractivity contribution in [2.75, 3.05) is 7.11 Å². The largest absolute Gasteiger partial charge is 0.497 e. The third-order valence-corrected chi connectivity index (χ3v) is 3.95. The summed E-state index contributed by atoms with van der Waals surface area (Å²) in [5.41, 5.74) is 2.31. The number of amides is 1. The van der Waals surface area contributed by atoms with Gasteiger partial charge in [0.05, 0.1) is 13.2 Å². The molecule has 0 aromatic heterocycles. The highest BCUT2D eigenvalue weighted by Gasteiger charge is 2.19. The Hall–Kier alpha value is -2.49. The molecule has 4 nitrogen and oxygen atoms in total. The van der Waals surface area contributed by atoms with Crippen molar-refractivity contribution in [3.8, 4) is 11.5 Å². The number of hydrogen-bond acceptors (Lipinski definition) is 3. The van der Waals surface area contributed by atoms with Crippen LogP contribution in [-0.2, 0) is 4.79 Å². The molecule has 0 saturated heterocycles.